The first kappa shape index (κ1) is 13.7. The van der Waals surface area contributed by atoms with Gasteiger partial charge in [0.1, 0.15) is 4.21 Å². The average molecular weight is 346 g/mol. The standard InChI is InChI=1S/C12H12BrNO2S2/c1-9-7-11(17-12(9)13)18(15,16)14-8-10-5-3-2-4-6-10/h2-7,14H,8H2,1H3. The average Bonchev–Trinajstić information content (AvgIpc) is 2.70. The van der Waals surface area contributed by atoms with Crippen molar-refractivity contribution >= 4 is 37.3 Å². The van der Waals surface area contributed by atoms with Crippen LogP contribution in [0.1, 0.15) is 11.1 Å². The maximum atomic E-state index is 12.0. The van der Waals surface area contributed by atoms with Crippen molar-refractivity contribution in [2.45, 2.75) is 17.7 Å². The fraction of sp³-hybridized carbons (Fsp3) is 0.167. The van der Waals surface area contributed by atoms with E-state index in [1.165, 1.54) is 11.3 Å². The third kappa shape index (κ3) is 3.20. The summed E-state index contributed by atoms with van der Waals surface area (Å²) in [5.74, 6) is 0. The largest absolute Gasteiger partial charge is 0.250 e. The van der Waals surface area contributed by atoms with Gasteiger partial charge in [0, 0.05) is 6.54 Å². The summed E-state index contributed by atoms with van der Waals surface area (Å²) in [6, 6.07) is 11.1. The van der Waals surface area contributed by atoms with E-state index in [0.717, 1.165) is 14.9 Å². The van der Waals surface area contributed by atoms with Crippen molar-refractivity contribution < 1.29 is 8.42 Å². The lowest BCUT2D eigenvalue weighted by Gasteiger charge is -2.04. The number of nitrogens with one attached hydrogen (secondary N) is 1. The van der Waals surface area contributed by atoms with Crippen molar-refractivity contribution in [3.8, 4) is 0 Å². The van der Waals surface area contributed by atoms with Crippen LogP contribution in [0.15, 0.2) is 44.4 Å². The highest BCUT2D eigenvalue weighted by molar-refractivity contribution is 9.11. The molecule has 2 aromatic rings. The van der Waals surface area contributed by atoms with Gasteiger partial charge in [-0.1, -0.05) is 30.3 Å². The summed E-state index contributed by atoms with van der Waals surface area (Å²) in [5, 5.41) is 0. The van der Waals surface area contributed by atoms with Gasteiger partial charge in [0.15, 0.2) is 0 Å². The zero-order valence-corrected chi connectivity index (χ0v) is 12.9. The summed E-state index contributed by atoms with van der Waals surface area (Å²) in [5.41, 5.74) is 1.87. The summed E-state index contributed by atoms with van der Waals surface area (Å²) < 4.78 is 27.9. The Morgan fingerprint density at radius 3 is 2.50 bits per heavy atom. The zero-order valence-electron chi connectivity index (χ0n) is 9.68. The highest BCUT2D eigenvalue weighted by Gasteiger charge is 2.17. The number of thiophene rings is 1. The number of halogens is 1. The van der Waals surface area contributed by atoms with Gasteiger partial charge in [0.2, 0.25) is 10.0 Å². The van der Waals surface area contributed by atoms with Crippen molar-refractivity contribution in [1.29, 1.82) is 0 Å². The molecule has 1 aromatic heterocycles. The maximum absolute atomic E-state index is 12.0. The highest BCUT2D eigenvalue weighted by atomic mass is 79.9. The van der Waals surface area contributed by atoms with Crippen LogP contribution >= 0.6 is 27.3 Å². The molecular weight excluding hydrogens is 334 g/mol. The second-order valence-corrected chi connectivity index (χ2v) is 8.20. The van der Waals surface area contributed by atoms with Gasteiger partial charge in [-0.3, -0.25) is 0 Å². The molecule has 0 radical (unpaired) electrons. The minimum Gasteiger partial charge on any atom is -0.206 e. The maximum Gasteiger partial charge on any atom is 0.250 e. The molecule has 1 heterocycles. The number of hydrogen-bond donors (Lipinski definition) is 1. The molecule has 0 aliphatic rings. The van der Waals surface area contributed by atoms with E-state index in [2.05, 4.69) is 20.7 Å². The van der Waals surface area contributed by atoms with Gasteiger partial charge < -0.3 is 0 Å². The molecule has 0 saturated carbocycles. The van der Waals surface area contributed by atoms with Crippen molar-refractivity contribution in [2.24, 2.45) is 0 Å². The lowest BCUT2D eigenvalue weighted by atomic mass is 10.2. The third-order valence-corrected chi connectivity index (χ3v) is 6.42. The highest BCUT2D eigenvalue weighted by Crippen LogP contribution is 2.30. The molecule has 96 valence electrons. The first-order chi connectivity index (χ1) is 8.49. The lowest BCUT2D eigenvalue weighted by Crippen LogP contribution is -2.22. The van der Waals surface area contributed by atoms with Gasteiger partial charge >= 0.3 is 0 Å². The van der Waals surface area contributed by atoms with Crippen molar-refractivity contribution in [1.82, 2.24) is 4.72 Å². The Balaban J connectivity index is 2.13. The van der Waals surface area contributed by atoms with Gasteiger partial charge in [-0.05, 0) is 40.0 Å². The first-order valence-electron chi connectivity index (χ1n) is 5.28. The van der Waals surface area contributed by atoms with Crippen LogP contribution in [0.3, 0.4) is 0 Å². The molecule has 0 atom stereocenters. The molecule has 3 nitrogen and oxygen atoms in total. The topological polar surface area (TPSA) is 46.2 Å². The van der Waals surface area contributed by atoms with Crippen LogP contribution in [0.25, 0.3) is 0 Å². The van der Waals surface area contributed by atoms with Gasteiger partial charge in [-0.15, -0.1) is 11.3 Å². The molecule has 18 heavy (non-hydrogen) atoms. The van der Waals surface area contributed by atoms with Crippen LogP contribution in [0.4, 0.5) is 0 Å². The second kappa shape index (κ2) is 5.52. The number of rotatable bonds is 4. The summed E-state index contributed by atoms with van der Waals surface area (Å²) in [6.07, 6.45) is 0. The number of benzene rings is 1. The number of aryl methyl sites for hydroxylation is 1. The van der Waals surface area contributed by atoms with Crippen LogP contribution in [-0.4, -0.2) is 8.42 Å². The van der Waals surface area contributed by atoms with Crippen molar-refractivity contribution in [3.63, 3.8) is 0 Å². The first-order valence-corrected chi connectivity index (χ1v) is 8.38. The van der Waals surface area contributed by atoms with E-state index in [0.29, 0.717) is 10.8 Å². The predicted octanol–water partition coefficient (Wildman–Crippen LogP) is 3.30. The molecule has 1 aromatic carbocycles. The summed E-state index contributed by atoms with van der Waals surface area (Å²) in [7, 11) is -3.42. The van der Waals surface area contributed by atoms with E-state index in [-0.39, 0.29) is 0 Å². The van der Waals surface area contributed by atoms with E-state index < -0.39 is 10.0 Å². The Labute approximate surface area is 119 Å². The molecule has 0 aliphatic heterocycles. The van der Waals surface area contributed by atoms with E-state index in [1.54, 1.807) is 6.07 Å². The normalized spacial score (nSPS) is 11.7. The van der Waals surface area contributed by atoms with Crippen LogP contribution in [0.2, 0.25) is 0 Å². The molecule has 1 N–H and O–H groups in total. The molecule has 6 heteroatoms. The Hall–Kier alpha value is -0.690. The zero-order chi connectivity index (χ0) is 13.2. The quantitative estimate of drug-likeness (QED) is 0.923. The van der Waals surface area contributed by atoms with Crippen LogP contribution in [-0.2, 0) is 16.6 Å². The second-order valence-electron chi connectivity index (χ2n) is 3.83. The SMILES string of the molecule is Cc1cc(S(=O)(=O)NCc2ccccc2)sc1Br. The molecule has 0 amide bonds. The molecule has 2 rings (SSSR count). The van der Waals surface area contributed by atoms with E-state index in [4.69, 9.17) is 0 Å². The predicted molar refractivity (Wildman–Crippen MR) is 77.2 cm³/mol. The molecule has 0 unspecified atom stereocenters. The van der Waals surface area contributed by atoms with E-state index in [1.807, 2.05) is 37.3 Å². The summed E-state index contributed by atoms with van der Waals surface area (Å²) >= 11 is 4.55. The Morgan fingerprint density at radius 1 is 1.28 bits per heavy atom. The van der Waals surface area contributed by atoms with Crippen molar-refractivity contribution in [3.05, 3.63) is 51.3 Å². The molecule has 0 aliphatic carbocycles. The van der Waals surface area contributed by atoms with Crippen LogP contribution in [0.5, 0.6) is 0 Å². The van der Waals surface area contributed by atoms with E-state index in [9.17, 15) is 8.42 Å². The third-order valence-electron chi connectivity index (χ3n) is 2.41. The molecule has 0 fully saturated rings. The fourth-order valence-electron chi connectivity index (χ4n) is 1.41. The Morgan fingerprint density at radius 2 is 1.94 bits per heavy atom. The van der Waals surface area contributed by atoms with Crippen molar-refractivity contribution in [2.75, 3.05) is 0 Å². The Kier molecular flexibility index (Phi) is 4.21. The molecule has 0 spiro atoms. The smallest absolute Gasteiger partial charge is 0.206 e. The molecule has 0 saturated heterocycles. The Bertz CT molecular complexity index is 616. The van der Waals surface area contributed by atoms with Gasteiger partial charge in [-0.25, -0.2) is 13.1 Å². The summed E-state index contributed by atoms with van der Waals surface area (Å²) in [4.78, 5) is 0. The minimum absolute atomic E-state index is 0.303. The molecular formula is C12H12BrNO2S2. The van der Waals surface area contributed by atoms with Gasteiger partial charge in [-0.2, -0.15) is 0 Å². The van der Waals surface area contributed by atoms with Gasteiger partial charge in [0.05, 0.1) is 3.79 Å². The minimum atomic E-state index is -3.42. The summed E-state index contributed by atoms with van der Waals surface area (Å²) in [6.45, 7) is 2.18. The van der Waals surface area contributed by atoms with Crippen LogP contribution < -0.4 is 4.72 Å². The number of sulfonamides is 1. The monoisotopic (exact) mass is 345 g/mol. The lowest BCUT2D eigenvalue weighted by molar-refractivity contribution is 0.583. The number of hydrogen-bond acceptors (Lipinski definition) is 3. The van der Waals surface area contributed by atoms with Crippen LogP contribution in [0, 0.1) is 6.92 Å². The fourth-order valence-corrected chi connectivity index (χ4v) is 4.70. The molecule has 0 bridgehead atoms. The van der Waals surface area contributed by atoms with Gasteiger partial charge in [0.25, 0.3) is 0 Å². The van der Waals surface area contributed by atoms with E-state index >= 15 is 0 Å².